The predicted octanol–water partition coefficient (Wildman–Crippen LogP) is 4.92. The summed E-state index contributed by atoms with van der Waals surface area (Å²) in [6.07, 6.45) is 7.20. The van der Waals surface area contributed by atoms with Crippen LogP contribution in [0.4, 0.5) is 0 Å². The van der Waals surface area contributed by atoms with Crippen LogP contribution >= 0.6 is 0 Å². The highest BCUT2D eigenvalue weighted by Gasteiger charge is 2.39. The number of aliphatic hydroxyl groups is 1. The van der Waals surface area contributed by atoms with Gasteiger partial charge in [0.15, 0.2) is 8.32 Å². The van der Waals surface area contributed by atoms with Crippen molar-refractivity contribution >= 4 is 8.32 Å². The molecule has 0 saturated heterocycles. The normalized spacial score (nSPS) is 17.6. The third kappa shape index (κ3) is 6.38. The van der Waals surface area contributed by atoms with E-state index in [-0.39, 0.29) is 17.7 Å². The smallest absolute Gasteiger partial charge is 0.192 e. The zero-order chi connectivity index (χ0) is 16.0. The Balaban J connectivity index is 5.02. The first-order valence-corrected chi connectivity index (χ1v) is 10.6. The Morgan fingerprint density at radius 3 is 2.25 bits per heavy atom. The van der Waals surface area contributed by atoms with Gasteiger partial charge >= 0.3 is 0 Å². The summed E-state index contributed by atoms with van der Waals surface area (Å²) >= 11 is 0. The minimum Gasteiger partial charge on any atom is -0.413 e. The van der Waals surface area contributed by atoms with Crippen LogP contribution in [0.5, 0.6) is 0 Å². The summed E-state index contributed by atoms with van der Waals surface area (Å²) in [6, 6.07) is 0. The Bertz CT molecular complexity index is 337. The van der Waals surface area contributed by atoms with Crippen LogP contribution in [0.15, 0.2) is 23.8 Å². The molecule has 0 amide bonds. The van der Waals surface area contributed by atoms with Crippen molar-refractivity contribution in [2.24, 2.45) is 5.92 Å². The molecule has 2 atom stereocenters. The van der Waals surface area contributed by atoms with Gasteiger partial charge in [0.1, 0.15) is 0 Å². The quantitative estimate of drug-likeness (QED) is 0.534. The molecule has 0 bridgehead atoms. The molecular formula is C17H34O2Si. The molecule has 3 heteroatoms. The third-order valence-corrected chi connectivity index (χ3v) is 8.71. The minimum absolute atomic E-state index is 0.0982. The Kier molecular flexibility index (Phi) is 8.00. The van der Waals surface area contributed by atoms with Crippen LogP contribution < -0.4 is 0 Å². The molecule has 0 saturated carbocycles. The highest BCUT2D eigenvalue weighted by Crippen LogP contribution is 2.38. The summed E-state index contributed by atoms with van der Waals surface area (Å²) in [5.41, 5.74) is 1.25. The molecule has 0 aliphatic rings. The fourth-order valence-electron chi connectivity index (χ4n) is 1.95. The van der Waals surface area contributed by atoms with Gasteiger partial charge in [0.05, 0.1) is 6.10 Å². The third-order valence-electron chi connectivity index (χ3n) is 4.21. The monoisotopic (exact) mass is 298 g/mol. The van der Waals surface area contributed by atoms with Gasteiger partial charge in [-0.2, -0.15) is 0 Å². The Hall–Kier alpha value is -0.383. The molecule has 0 aliphatic heterocycles. The van der Waals surface area contributed by atoms with E-state index in [1.54, 1.807) is 0 Å². The first-order valence-electron chi connectivity index (χ1n) is 7.65. The molecule has 0 heterocycles. The lowest BCUT2D eigenvalue weighted by Crippen LogP contribution is -2.45. The maximum Gasteiger partial charge on any atom is 0.192 e. The molecule has 0 radical (unpaired) electrons. The topological polar surface area (TPSA) is 29.5 Å². The fourth-order valence-corrected chi connectivity index (χ4v) is 3.39. The molecule has 20 heavy (non-hydrogen) atoms. The Labute approximate surface area is 127 Å². The Morgan fingerprint density at radius 1 is 1.30 bits per heavy atom. The van der Waals surface area contributed by atoms with Crippen molar-refractivity contribution in [2.45, 2.75) is 72.2 Å². The van der Waals surface area contributed by atoms with Gasteiger partial charge in [-0.15, -0.1) is 0 Å². The molecule has 1 N–H and O–H groups in total. The second-order valence-corrected chi connectivity index (χ2v) is 12.0. The van der Waals surface area contributed by atoms with E-state index in [2.05, 4.69) is 59.9 Å². The summed E-state index contributed by atoms with van der Waals surface area (Å²) in [6.45, 7) is 17.8. The average molecular weight is 299 g/mol. The van der Waals surface area contributed by atoms with Gasteiger partial charge in [-0.05, 0) is 44.3 Å². The zero-order valence-electron chi connectivity index (χ0n) is 14.7. The molecule has 2 nitrogen and oxygen atoms in total. The van der Waals surface area contributed by atoms with Gasteiger partial charge in [-0.3, -0.25) is 0 Å². The van der Waals surface area contributed by atoms with Crippen molar-refractivity contribution in [3.63, 3.8) is 0 Å². The van der Waals surface area contributed by atoms with Gasteiger partial charge in [-0.25, -0.2) is 0 Å². The van der Waals surface area contributed by atoms with Crippen molar-refractivity contribution in [1.82, 2.24) is 0 Å². The van der Waals surface area contributed by atoms with E-state index >= 15 is 0 Å². The predicted molar refractivity (Wildman–Crippen MR) is 91.5 cm³/mol. The van der Waals surface area contributed by atoms with E-state index in [1.807, 2.05) is 13.0 Å². The Morgan fingerprint density at radius 2 is 1.85 bits per heavy atom. The van der Waals surface area contributed by atoms with E-state index in [0.29, 0.717) is 12.3 Å². The van der Waals surface area contributed by atoms with Crippen LogP contribution in [0.3, 0.4) is 0 Å². The fraction of sp³-hybridized carbons (Fsp3) is 0.765. The van der Waals surface area contributed by atoms with Crippen LogP contribution in [0, 0.1) is 5.92 Å². The second-order valence-electron chi connectivity index (χ2n) is 7.20. The van der Waals surface area contributed by atoms with Crippen molar-refractivity contribution in [2.75, 3.05) is 6.61 Å². The van der Waals surface area contributed by atoms with E-state index in [1.165, 1.54) is 5.57 Å². The van der Waals surface area contributed by atoms with E-state index < -0.39 is 8.32 Å². The van der Waals surface area contributed by atoms with Crippen LogP contribution in [-0.4, -0.2) is 26.1 Å². The first kappa shape index (κ1) is 19.6. The van der Waals surface area contributed by atoms with Crippen LogP contribution in [0.1, 0.15) is 48.0 Å². The van der Waals surface area contributed by atoms with Crippen molar-refractivity contribution in [3.8, 4) is 0 Å². The molecular weight excluding hydrogens is 264 g/mol. The number of aliphatic hydroxyl groups excluding tert-OH is 1. The van der Waals surface area contributed by atoms with Gasteiger partial charge in [0, 0.05) is 6.61 Å². The molecule has 0 aromatic carbocycles. The van der Waals surface area contributed by atoms with Crippen molar-refractivity contribution in [3.05, 3.63) is 23.8 Å². The largest absolute Gasteiger partial charge is 0.413 e. The standard InChI is InChI=1S/C17H34O2Si/c1-9-10-14(2)13-15(3)16(11-12-18)19-20(7,8)17(4,5)6/h9-10,13,15-16,18H,11-12H2,1-8H3/t15-,16-/m0/s1. The molecule has 0 aromatic heterocycles. The van der Waals surface area contributed by atoms with Crippen LogP contribution in [0.2, 0.25) is 18.1 Å². The molecule has 0 aromatic rings. The molecule has 0 spiro atoms. The number of rotatable bonds is 7. The second kappa shape index (κ2) is 8.16. The lowest BCUT2D eigenvalue weighted by atomic mass is 9.99. The summed E-state index contributed by atoms with van der Waals surface area (Å²) in [5.74, 6) is 0.312. The van der Waals surface area contributed by atoms with Crippen molar-refractivity contribution < 1.29 is 9.53 Å². The van der Waals surface area contributed by atoms with Gasteiger partial charge < -0.3 is 9.53 Å². The maximum atomic E-state index is 9.32. The highest BCUT2D eigenvalue weighted by molar-refractivity contribution is 6.74. The van der Waals surface area contributed by atoms with Gasteiger partial charge in [0.2, 0.25) is 0 Å². The maximum absolute atomic E-state index is 9.32. The van der Waals surface area contributed by atoms with E-state index in [4.69, 9.17) is 4.43 Å². The van der Waals surface area contributed by atoms with Gasteiger partial charge in [-0.1, -0.05) is 51.5 Å². The number of hydrogen-bond acceptors (Lipinski definition) is 2. The molecule has 118 valence electrons. The minimum atomic E-state index is -1.80. The first-order chi connectivity index (χ1) is 9.05. The van der Waals surface area contributed by atoms with Crippen LogP contribution in [-0.2, 0) is 4.43 Å². The lowest BCUT2D eigenvalue weighted by Gasteiger charge is -2.40. The SMILES string of the molecule is CC=CC(C)=C[C@H](C)[C@H](CCO)O[Si](C)(C)C(C)(C)C. The van der Waals surface area contributed by atoms with E-state index in [9.17, 15) is 5.11 Å². The molecule has 0 aliphatic carbocycles. The number of hydrogen-bond donors (Lipinski definition) is 1. The van der Waals surface area contributed by atoms with Crippen LogP contribution in [0.25, 0.3) is 0 Å². The molecule has 0 unspecified atom stereocenters. The summed E-state index contributed by atoms with van der Waals surface area (Å²) in [4.78, 5) is 0. The van der Waals surface area contributed by atoms with Crippen molar-refractivity contribution in [1.29, 1.82) is 0 Å². The molecule has 0 fully saturated rings. The average Bonchev–Trinajstić information content (AvgIpc) is 2.26. The highest BCUT2D eigenvalue weighted by atomic mass is 28.4. The number of allylic oxidation sites excluding steroid dienone is 3. The summed E-state index contributed by atoms with van der Waals surface area (Å²) in [7, 11) is -1.80. The van der Waals surface area contributed by atoms with E-state index in [0.717, 1.165) is 0 Å². The molecule has 0 rings (SSSR count). The lowest BCUT2D eigenvalue weighted by molar-refractivity contribution is 0.111. The zero-order valence-corrected chi connectivity index (χ0v) is 15.7. The summed E-state index contributed by atoms with van der Waals surface area (Å²) in [5, 5.41) is 9.52. The van der Waals surface area contributed by atoms with Gasteiger partial charge in [0.25, 0.3) is 0 Å². The summed E-state index contributed by atoms with van der Waals surface area (Å²) < 4.78 is 6.49.